The molecule has 2 heterocycles. The van der Waals surface area contributed by atoms with Gasteiger partial charge in [-0.3, -0.25) is 29.0 Å². The quantitative estimate of drug-likeness (QED) is 0.0858. The molecule has 1 N–H and O–H groups in total. The van der Waals surface area contributed by atoms with E-state index < -0.39 is 0 Å². The summed E-state index contributed by atoms with van der Waals surface area (Å²) in [6.07, 6.45) is 1.34. The SMILES string of the molecule is C=C(C)CCl.C=C(C)C[N+](C)(C)CCCN1C(=O)c2cccc3c(OC)ccc(c23)C1=O.CC(C)O.COc1ccc2c3c(cccc13)C(=O)N(CCCN(C)C)C2=O.[Cl-]. The van der Waals surface area contributed by atoms with Crippen molar-refractivity contribution in [3.05, 3.63) is 107 Å². The molecule has 6 rings (SSSR count). The Morgan fingerprint density at radius 1 is 0.717 bits per heavy atom. The summed E-state index contributed by atoms with van der Waals surface area (Å²) in [6, 6.07) is 18.1. The first kappa shape index (κ1) is 51.4. The summed E-state index contributed by atoms with van der Waals surface area (Å²) >= 11 is 5.24. The lowest BCUT2D eigenvalue weighted by Gasteiger charge is -2.32. The minimum atomic E-state index is -0.225. The molecule has 4 aromatic rings. The highest BCUT2D eigenvalue weighted by atomic mass is 35.5. The monoisotopic (exact) mass is 864 g/mol. The number of hydrogen-bond acceptors (Lipinski definition) is 8. The van der Waals surface area contributed by atoms with Crippen LogP contribution in [0, 0.1) is 0 Å². The highest BCUT2D eigenvalue weighted by Gasteiger charge is 2.34. The first-order chi connectivity index (χ1) is 27.8. The number of nitrogens with zero attached hydrogens (tertiary/aromatic N) is 4. The van der Waals surface area contributed by atoms with Gasteiger partial charge < -0.3 is 36.4 Å². The van der Waals surface area contributed by atoms with Gasteiger partial charge in [-0.15, -0.1) is 11.6 Å². The van der Waals surface area contributed by atoms with Gasteiger partial charge in [-0.1, -0.05) is 43.0 Å². The largest absolute Gasteiger partial charge is 1.00 e. The molecule has 2 aliphatic heterocycles. The van der Waals surface area contributed by atoms with Gasteiger partial charge in [0.2, 0.25) is 0 Å². The predicted molar refractivity (Wildman–Crippen MR) is 239 cm³/mol. The second-order valence-electron chi connectivity index (χ2n) is 16.1. The van der Waals surface area contributed by atoms with Crippen LogP contribution >= 0.6 is 11.6 Å². The molecule has 0 saturated heterocycles. The normalized spacial score (nSPS) is 12.9. The maximum Gasteiger partial charge on any atom is 0.261 e. The van der Waals surface area contributed by atoms with Crippen molar-refractivity contribution < 1.29 is 50.6 Å². The number of ether oxygens (including phenoxy) is 2. The van der Waals surface area contributed by atoms with Crippen LogP contribution in [0.5, 0.6) is 11.5 Å². The Hall–Kier alpha value is -4.78. The molecule has 0 bridgehead atoms. The van der Waals surface area contributed by atoms with Crippen LogP contribution in [0.2, 0.25) is 0 Å². The zero-order chi connectivity index (χ0) is 44.2. The zero-order valence-electron chi connectivity index (χ0n) is 36.9. The van der Waals surface area contributed by atoms with Crippen molar-refractivity contribution in [2.75, 3.05) is 81.0 Å². The summed E-state index contributed by atoms with van der Waals surface area (Å²) in [5, 5.41) is 11.1. The number of rotatable bonds is 13. The second-order valence-corrected chi connectivity index (χ2v) is 16.3. The van der Waals surface area contributed by atoms with E-state index >= 15 is 0 Å². The standard InChI is InChI=1S/C22H27N2O3.C18H20N2O3.C4H7Cl.C3H8O.ClH/c1-15(2)14-24(3,4)13-7-12-23-21(25)17-9-6-8-16-19(27-5)11-10-18(20(16)17)22(23)26;1-19(2)10-5-11-20-17(21)13-7-4-6-12-15(23-3)9-8-14(16(12)13)18(20)22;1-4(2)3-5;1-3(2)4;/h6,8-11H,1,7,12-14H2,2-5H3;4,6-9H,5,10-11H2,1-3H3;1,3H2,2H3;3-4H,1-2H3;1H/q+1;;;;/p-1. The van der Waals surface area contributed by atoms with E-state index in [2.05, 4.69) is 27.3 Å². The van der Waals surface area contributed by atoms with Gasteiger partial charge >= 0.3 is 0 Å². The van der Waals surface area contributed by atoms with Crippen molar-refractivity contribution in [1.29, 1.82) is 0 Å². The highest BCUT2D eigenvalue weighted by Crippen LogP contribution is 2.37. The number of alkyl halides is 1. The van der Waals surface area contributed by atoms with Crippen LogP contribution in [0.25, 0.3) is 21.5 Å². The van der Waals surface area contributed by atoms with Crippen LogP contribution in [0.1, 0.15) is 82.0 Å². The first-order valence-corrected chi connectivity index (χ1v) is 20.2. The van der Waals surface area contributed by atoms with E-state index in [1.54, 1.807) is 64.5 Å². The molecule has 326 valence electrons. The molecule has 0 spiro atoms. The van der Waals surface area contributed by atoms with E-state index in [1.807, 2.05) is 57.1 Å². The number of aliphatic hydroxyl groups excluding tert-OH is 1. The van der Waals surface area contributed by atoms with E-state index in [-0.39, 0.29) is 42.1 Å². The second kappa shape index (κ2) is 23.3. The van der Waals surface area contributed by atoms with E-state index in [9.17, 15) is 19.2 Å². The lowest BCUT2D eigenvalue weighted by Crippen LogP contribution is -3.00. The van der Waals surface area contributed by atoms with Crippen molar-refractivity contribution >= 4 is 56.8 Å². The number of likely N-dealkylation sites (N-methyl/N-ethyl adjacent to an activating group) is 1. The van der Waals surface area contributed by atoms with Crippen LogP contribution in [0.15, 0.2) is 85.0 Å². The Kier molecular flexibility index (Phi) is 19.9. The average molecular weight is 866 g/mol. The molecule has 2 aliphatic rings. The number of quaternary nitrogens is 1. The maximum absolute atomic E-state index is 13.0. The van der Waals surface area contributed by atoms with E-state index in [4.69, 9.17) is 26.2 Å². The Bertz CT molecular complexity index is 2140. The summed E-state index contributed by atoms with van der Waals surface area (Å²) < 4.78 is 11.5. The molecule has 0 aromatic heterocycles. The molecule has 11 nitrogen and oxygen atoms in total. The molecule has 4 amide bonds. The summed E-state index contributed by atoms with van der Waals surface area (Å²) in [5.41, 5.74) is 4.42. The fourth-order valence-electron chi connectivity index (χ4n) is 7.01. The number of carbonyl (C=O) groups excluding carboxylic acids is 4. The molecule has 0 saturated carbocycles. The van der Waals surface area contributed by atoms with Crippen molar-refractivity contribution in [1.82, 2.24) is 14.7 Å². The predicted octanol–water partition coefficient (Wildman–Crippen LogP) is 5.08. The molecule has 0 radical (unpaired) electrons. The molecule has 0 aliphatic carbocycles. The van der Waals surface area contributed by atoms with Crippen molar-refractivity contribution in [3.63, 3.8) is 0 Å². The van der Waals surface area contributed by atoms with Gasteiger partial charge in [0, 0.05) is 75.3 Å². The van der Waals surface area contributed by atoms with Crippen molar-refractivity contribution in [2.24, 2.45) is 0 Å². The molecular weight excluding hydrogens is 803 g/mol. The number of methoxy groups -OCH3 is 2. The number of benzene rings is 4. The number of imide groups is 2. The van der Waals surface area contributed by atoms with Crippen molar-refractivity contribution in [3.8, 4) is 11.5 Å². The fourth-order valence-corrected chi connectivity index (χ4v) is 7.01. The first-order valence-electron chi connectivity index (χ1n) is 19.7. The fraction of sp³-hybridized carbons (Fsp3) is 0.404. The molecule has 4 aromatic carbocycles. The van der Waals surface area contributed by atoms with E-state index in [0.717, 1.165) is 58.9 Å². The molecular formula is C47H62Cl2N4O7. The van der Waals surface area contributed by atoms with Crippen molar-refractivity contribution in [2.45, 2.75) is 46.6 Å². The smallest absolute Gasteiger partial charge is 0.261 e. The van der Waals surface area contributed by atoms with Gasteiger partial charge in [0.25, 0.3) is 23.6 Å². The highest BCUT2D eigenvalue weighted by molar-refractivity contribution is 6.27. The van der Waals surface area contributed by atoms with Crippen LogP contribution in [-0.4, -0.2) is 135 Å². The molecule has 0 atom stereocenters. The number of halogens is 2. The van der Waals surface area contributed by atoms with Crippen LogP contribution in [0.3, 0.4) is 0 Å². The number of aliphatic hydroxyl groups is 1. The lowest BCUT2D eigenvalue weighted by molar-refractivity contribution is -0.885. The van der Waals surface area contributed by atoms with Gasteiger partial charge in [-0.05, 0) is 96.7 Å². The van der Waals surface area contributed by atoms with E-state index in [1.165, 1.54) is 9.80 Å². The summed E-state index contributed by atoms with van der Waals surface area (Å²) in [7, 11) is 11.4. The minimum Gasteiger partial charge on any atom is -1.00 e. The number of carbonyl (C=O) groups is 4. The maximum atomic E-state index is 13.0. The van der Waals surface area contributed by atoms with Gasteiger partial charge in [-0.25, -0.2) is 0 Å². The third kappa shape index (κ3) is 13.1. The van der Waals surface area contributed by atoms with Crippen LogP contribution in [-0.2, 0) is 0 Å². The number of hydrogen-bond donors (Lipinski definition) is 1. The third-order valence-corrected chi connectivity index (χ3v) is 9.86. The summed E-state index contributed by atoms with van der Waals surface area (Å²) in [5.74, 6) is 1.03. The lowest BCUT2D eigenvalue weighted by atomic mass is 9.93. The average Bonchev–Trinajstić information content (AvgIpc) is 3.17. The number of allylic oxidation sites excluding steroid dienone is 1. The Morgan fingerprint density at radius 3 is 1.42 bits per heavy atom. The van der Waals surface area contributed by atoms with Gasteiger partial charge in [0.05, 0.1) is 41.4 Å². The Balaban J connectivity index is 0.000000342. The van der Waals surface area contributed by atoms with Gasteiger partial charge in [0.15, 0.2) is 0 Å². The molecule has 0 unspecified atom stereocenters. The van der Waals surface area contributed by atoms with E-state index in [0.29, 0.717) is 63.5 Å². The minimum absolute atomic E-state index is 0. The van der Waals surface area contributed by atoms with Crippen LogP contribution < -0.4 is 21.9 Å². The molecule has 60 heavy (non-hydrogen) atoms. The summed E-state index contributed by atoms with van der Waals surface area (Å²) in [4.78, 5) is 56.2. The van der Waals surface area contributed by atoms with Gasteiger partial charge in [0.1, 0.15) is 11.5 Å². The Morgan fingerprint density at radius 2 is 1.08 bits per heavy atom. The summed E-state index contributed by atoms with van der Waals surface area (Å²) in [6.45, 7) is 18.3. The molecule has 0 fully saturated rings. The zero-order valence-corrected chi connectivity index (χ0v) is 38.4. The number of amides is 4. The van der Waals surface area contributed by atoms with Crippen LogP contribution in [0.4, 0.5) is 0 Å². The molecule has 13 heteroatoms. The topological polar surface area (TPSA) is 117 Å². The Labute approximate surface area is 367 Å². The van der Waals surface area contributed by atoms with Gasteiger partial charge in [-0.2, -0.15) is 0 Å². The third-order valence-electron chi connectivity index (χ3n) is 9.40.